The topological polar surface area (TPSA) is 92.5 Å². The molecule has 1 unspecified atom stereocenters. The van der Waals surface area contributed by atoms with Crippen LogP contribution in [0.25, 0.3) is 0 Å². The summed E-state index contributed by atoms with van der Waals surface area (Å²) in [5.74, 6) is -1.03. The highest BCUT2D eigenvalue weighted by Gasteiger charge is 2.23. The molecule has 0 spiro atoms. The van der Waals surface area contributed by atoms with Crippen molar-refractivity contribution in [3.63, 3.8) is 0 Å². The van der Waals surface area contributed by atoms with Crippen LogP contribution in [0.1, 0.15) is 19.8 Å². The lowest BCUT2D eigenvalue weighted by molar-refractivity contribution is -0.384. The smallest absolute Gasteiger partial charge is 0.326 e. The average molecular weight is 317 g/mol. The number of anilines is 1. The fourth-order valence-corrected chi connectivity index (χ4v) is 2.00. The normalized spacial score (nSPS) is 11.9. The summed E-state index contributed by atoms with van der Waals surface area (Å²) in [6.45, 7) is 1.85. The van der Waals surface area contributed by atoms with E-state index in [0.717, 1.165) is 0 Å². The Morgan fingerprint density at radius 3 is 2.78 bits per heavy atom. The lowest BCUT2D eigenvalue weighted by Gasteiger charge is -2.15. The van der Waals surface area contributed by atoms with Gasteiger partial charge in [-0.1, -0.05) is 19.4 Å². The Kier molecular flexibility index (Phi) is 5.08. The van der Waals surface area contributed by atoms with Crippen molar-refractivity contribution in [3.05, 3.63) is 32.8 Å². The van der Waals surface area contributed by atoms with E-state index in [1.165, 1.54) is 12.1 Å². The number of benzene rings is 1. The number of carboxylic acid groups (broad SMARTS) is 1. The highest BCUT2D eigenvalue weighted by atomic mass is 79.9. The van der Waals surface area contributed by atoms with Gasteiger partial charge in [-0.15, -0.1) is 0 Å². The largest absolute Gasteiger partial charge is 0.480 e. The molecule has 0 radical (unpaired) electrons. The van der Waals surface area contributed by atoms with Crippen LogP contribution in [0.3, 0.4) is 0 Å². The molecule has 7 heteroatoms. The molecule has 6 nitrogen and oxygen atoms in total. The van der Waals surface area contributed by atoms with Crippen LogP contribution < -0.4 is 5.32 Å². The summed E-state index contributed by atoms with van der Waals surface area (Å²) in [6.07, 6.45) is 1.07. The zero-order chi connectivity index (χ0) is 13.7. The van der Waals surface area contributed by atoms with Crippen molar-refractivity contribution in [2.24, 2.45) is 0 Å². The van der Waals surface area contributed by atoms with Crippen LogP contribution in [-0.2, 0) is 4.79 Å². The minimum atomic E-state index is -1.03. The van der Waals surface area contributed by atoms with E-state index in [4.69, 9.17) is 5.11 Å². The molecule has 0 fully saturated rings. The summed E-state index contributed by atoms with van der Waals surface area (Å²) in [4.78, 5) is 21.4. The summed E-state index contributed by atoms with van der Waals surface area (Å²) in [7, 11) is 0. The summed E-state index contributed by atoms with van der Waals surface area (Å²) in [6, 6.07) is 3.65. The first-order chi connectivity index (χ1) is 8.47. The summed E-state index contributed by atoms with van der Waals surface area (Å²) in [5.41, 5.74) is 0.0510. The standard InChI is InChI=1S/C11H13BrN2O4/c1-2-4-8(11(15)16)13-10-7(12)5-3-6-9(10)14(17)18/h3,5-6,8,13H,2,4H2,1H3,(H,15,16). The van der Waals surface area contributed by atoms with Gasteiger partial charge in [-0.3, -0.25) is 10.1 Å². The second-order valence-electron chi connectivity index (χ2n) is 3.71. The van der Waals surface area contributed by atoms with Crippen molar-refractivity contribution < 1.29 is 14.8 Å². The molecule has 0 saturated heterocycles. The molecule has 18 heavy (non-hydrogen) atoms. The van der Waals surface area contributed by atoms with Crippen molar-refractivity contribution in [3.8, 4) is 0 Å². The number of rotatable bonds is 6. The number of nitrogens with zero attached hydrogens (tertiary/aromatic N) is 1. The zero-order valence-corrected chi connectivity index (χ0v) is 11.3. The maximum absolute atomic E-state index is 11.0. The van der Waals surface area contributed by atoms with E-state index in [0.29, 0.717) is 17.3 Å². The third kappa shape index (κ3) is 3.43. The Labute approximate surface area is 112 Å². The molecule has 1 atom stereocenters. The molecule has 2 N–H and O–H groups in total. The minimum Gasteiger partial charge on any atom is -0.480 e. The van der Waals surface area contributed by atoms with Crippen LogP contribution in [0, 0.1) is 10.1 Å². The predicted octanol–water partition coefficient (Wildman–Crippen LogP) is 3.02. The van der Waals surface area contributed by atoms with Gasteiger partial charge in [0.25, 0.3) is 5.69 Å². The molecule has 0 aromatic heterocycles. The van der Waals surface area contributed by atoms with Crippen molar-refractivity contribution in [2.45, 2.75) is 25.8 Å². The monoisotopic (exact) mass is 316 g/mol. The second kappa shape index (κ2) is 6.34. The molecule has 0 aliphatic carbocycles. The summed E-state index contributed by atoms with van der Waals surface area (Å²) >= 11 is 3.18. The van der Waals surface area contributed by atoms with Gasteiger partial charge in [0.2, 0.25) is 0 Å². The van der Waals surface area contributed by atoms with Gasteiger partial charge in [-0.2, -0.15) is 0 Å². The molecule has 0 aliphatic rings. The van der Waals surface area contributed by atoms with E-state index in [9.17, 15) is 14.9 Å². The predicted molar refractivity (Wildman–Crippen MR) is 70.8 cm³/mol. The average Bonchev–Trinajstić information content (AvgIpc) is 2.30. The summed E-state index contributed by atoms with van der Waals surface area (Å²) in [5, 5.41) is 22.6. The van der Waals surface area contributed by atoms with Crippen molar-refractivity contribution in [1.82, 2.24) is 0 Å². The Balaban J connectivity index is 3.08. The SMILES string of the molecule is CCCC(Nc1c(Br)cccc1[N+](=O)[O-])C(=O)O. The van der Waals surface area contributed by atoms with Crippen LogP contribution in [0.2, 0.25) is 0 Å². The molecule has 0 bridgehead atoms. The number of hydrogen-bond acceptors (Lipinski definition) is 4. The third-order valence-corrected chi connectivity index (χ3v) is 3.04. The van der Waals surface area contributed by atoms with E-state index in [1.54, 1.807) is 6.07 Å². The Morgan fingerprint density at radius 2 is 2.28 bits per heavy atom. The van der Waals surface area contributed by atoms with Crippen LogP contribution >= 0.6 is 15.9 Å². The first-order valence-electron chi connectivity index (χ1n) is 5.39. The molecule has 1 rings (SSSR count). The van der Waals surface area contributed by atoms with Crippen LogP contribution in [0.15, 0.2) is 22.7 Å². The maximum atomic E-state index is 11.0. The molecule has 0 aliphatic heterocycles. The van der Waals surface area contributed by atoms with Gasteiger partial charge in [-0.05, 0) is 28.4 Å². The Morgan fingerprint density at radius 1 is 1.61 bits per heavy atom. The highest BCUT2D eigenvalue weighted by Crippen LogP contribution is 2.33. The first kappa shape index (κ1) is 14.4. The molecule has 1 aromatic rings. The van der Waals surface area contributed by atoms with Gasteiger partial charge in [0.05, 0.1) is 4.92 Å². The number of aliphatic carboxylic acids is 1. The number of halogens is 1. The van der Waals surface area contributed by atoms with Gasteiger partial charge in [-0.25, -0.2) is 4.79 Å². The van der Waals surface area contributed by atoms with Gasteiger partial charge in [0.15, 0.2) is 0 Å². The molecule has 0 saturated carbocycles. The highest BCUT2D eigenvalue weighted by molar-refractivity contribution is 9.10. The number of carbonyl (C=O) groups is 1. The number of nitro benzene ring substituents is 1. The van der Waals surface area contributed by atoms with Gasteiger partial charge >= 0.3 is 5.97 Å². The fraction of sp³-hybridized carbons (Fsp3) is 0.364. The maximum Gasteiger partial charge on any atom is 0.326 e. The van der Waals surface area contributed by atoms with E-state index in [1.807, 2.05) is 6.92 Å². The lowest BCUT2D eigenvalue weighted by Crippen LogP contribution is -2.29. The fourth-order valence-electron chi connectivity index (χ4n) is 1.53. The Hall–Kier alpha value is -1.63. The van der Waals surface area contributed by atoms with E-state index in [2.05, 4.69) is 21.2 Å². The van der Waals surface area contributed by atoms with E-state index in [-0.39, 0.29) is 11.4 Å². The van der Waals surface area contributed by atoms with Crippen LogP contribution in [0.5, 0.6) is 0 Å². The molecular formula is C11H13BrN2O4. The Bertz CT molecular complexity index is 464. The summed E-state index contributed by atoms with van der Waals surface area (Å²) < 4.78 is 0.471. The first-order valence-corrected chi connectivity index (χ1v) is 6.19. The number of nitrogens with one attached hydrogen (secondary N) is 1. The van der Waals surface area contributed by atoms with Crippen molar-refractivity contribution >= 4 is 33.3 Å². The molecule has 0 heterocycles. The van der Waals surface area contributed by atoms with Crippen LogP contribution in [0.4, 0.5) is 11.4 Å². The van der Waals surface area contributed by atoms with Crippen LogP contribution in [-0.4, -0.2) is 22.0 Å². The van der Waals surface area contributed by atoms with E-state index >= 15 is 0 Å². The molecule has 0 amide bonds. The minimum absolute atomic E-state index is 0.147. The van der Waals surface area contributed by atoms with Gasteiger partial charge < -0.3 is 10.4 Å². The molecular weight excluding hydrogens is 304 g/mol. The second-order valence-corrected chi connectivity index (χ2v) is 4.57. The van der Waals surface area contributed by atoms with Gasteiger partial charge in [0.1, 0.15) is 11.7 Å². The molecule has 98 valence electrons. The van der Waals surface area contributed by atoms with Gasteiger partial charge in [0, 0.05) is 10.5 Å². The van der Waals surface area contributed by atoms with Crippen molar-refractivity contribution in [1.29, 1.82) is 0 Å². The number of carboxylic acids is 1. The quantitative estimate of drug-likeness (QED) is 0.621. The zero-order valence-electron chi connectivity index (χ0n) is 9.72. The lowest BCUT2D eigenvalue weighted by atomic mass is 10.1. The van der Waals surface area contributed by atoms with Crippen molar-refractivity contribution in [2.75, 3.05) is 5.32 Å². The third-order valence-electron chi connectivity index (χ3n) is 2.38. The number of para-hydroxylation sites is 1. The molecule has 1 aromatic carbocycles. The number of nitro groups is 1. The number of hydrogen-bond donors (Lipinski definition) is 2. The van der Waals surface area contributed by atoms with E-state index < -0.39 is 16.9 Å².